The Balaban J connectivity index is 4.83. The first kappa shape index (κ1) is 17.2. The third kappa shape index (κ3) is 8.01. The Morgan fingerprint density at radius 3 is 1.94 bits per heavy atom. The molecule has 0 spiro atoms. The van der Waals surface area contributed by atoms with Gasteiger partial charge in [-0.25, -0.2) is 8.42 Å². The Morgan fingerprint density at radius 1 is 1.18 bits per heavy atom. The van der Waals surface area contributed by atoms with Gasteiger partial charge in [0, 0.05) is 16.1 Å². The van der Waals surface area contributed by atoms with Gasteiger partial charge in [-0.15, -0.1) is 0 Å². The number of hydrogen-bond acceptors (Lipinski definition) is 3. The third-order valence-electron chi connectivity index (χ3n) is 2.76. The van der Waals surface area contributed by atoms with Crippen LogP contribution in [0.1, 0.15) is 53.4 Å². The number of ether oxygens (including phenoxy) is 1. The van der Waals surface area contributed by atoms with E-state index >= 15 is 0 Å². The highest BCUT2D eigenvalue weighted by molar-refractivity contribution is 8.13. The molecular weight excluding hydrogens is 260 g/mol. The summed E-state index contributed by atoms with van der Waals surface area (Å²) in [5.41, 5.74) is -0.325. The fourth-order valence-electron chi connectivity index (χ4n) is 2.23. The summed E-state index contributed by atoms with van der Waals surface area (Å²) in [5, 5.41) is 0. The quantitative estimate of drug-likeness (QED) is 0.608. The first-order valence-electron chi connectivity index (χ1n) is 6.28. The Kier molecular flexibility index (Phi) is 7.68. The van der Waals surface area contributed by atoms with Crippen molar-refractivity contribution in [1.29, 1.82) is 0 Å². The molecule has 0 aliphatic heterocycles. The lowest BCUT2D eigenvalue weighted by atomic mass is 9.82. The Labute approximate surface area is 110 Å². The highest BCUT2D eigenvalue weighted by Crippen LogP contribution is 2.33. The summed E-state index contributed by atoms with van der Waals surface area (Å²) >= 11 is 0. The molecule has 104 valence electrons. The second-order valence-corrected chi connectivity index (χ2v) is 7.82. The molecule has 0 aromatic carbocycles. The molecule has 0 unspecified atom stereocenters. The van der Waals surface area contributed by atoms with Crippen molar-refractivity contribution >= 4 is 19.7 Å². The second-order valence-electron chi connectivity index (χ2n) is 5.04. The van der Waals surface area contributed by atoms with E-state index in [1.165, 1.54) is 0 Å². The lowest BCUT2D eigenvalue weighted by molar-refractivity contribution is 0.00773. The van der Waals surface area contributed by atoms with Crippen LogP contribution in [0.4, 0.5) is 0 Å². The molecule has 0 aliphatic rings. The molecule has 0 aliphatic carbocycles. The van der Waals surface area contributed by atoms with Crippen LogP contribution in [0.25, 0.3) is 0 Å². The van der Waals surface area contributed by atoms with Crippen molar-refractivity contribution < 1.29 is 13.2 Å². The summed E-state index contributed by atoms with van der Waals surface area (Å²) in [4.78, 5) is 0. The molecule has 0 N–H and O–H groups in total. The minimum Gasteiger partial charge on any atom is -0.378 e. The van der Waals surface area contributed by atoms with Crippen LogP contribution < -0.4 is 0 Å². The molecule has 0 saturated heterocycles. The van der Waals surface area contributed by atoms with E-state index in [0.29, 0.717) is 6.61 Å². The van der Waals surface area contributed by atoms with Gasteiger partial charge in [-0.2, -0.15) is 0 Å². The molecule has 0 atom stereocenters. The molecule has 3 nitrogen and oxygen atoms in total. The van der Waals surface area contributed by atoms with E-state index in [0.717, 1.165) is 25.7 Å². The topological polar surface area (TPSA) is 43.4 Å². The van der Waals surface area contributed by atoms with E-state index in [-0.39, 0.29) is 17.3 Å². The predicted octanol–water partition coefficient (Wildman–Crippen LogP) is 3.57. The molecule has 0 bridgehead atoms. The van der Waals surface area contributed by atoms with Crippen LogP contribution in [-0.4, -0.2) is 26.9 Å². The van der Waals surface area contributed by atoms with Gasteiger partial charge in [0.2, 0.25) is 9.05 Å². The van der Waals surface area contributed by atoms with Gasteiger partial charge in [-0.1, -0.05) is 26.7 Å². The lowest BCUT2D eigenvalue weighted by Gasteiger charge is -2.32. The number of hydrogen-bond donors (Lipinski definition) is 0. The number of rotatable bonds is 9. The average Bonchev–Trinajstić information content (AvgIpc) is 2.13. The van der Waals surface area contributed by atoms with E-state index in [4.69, 9.17) is 15.4 Å². The van der Waals surface area contributed by atoms with E-state index < -0.39 is 9.05 Å². The summed E-state index contributed by atoms with van der Waals surface area (Å²) in [6, 6.07) is 0. The van der Waals surface area contributed by atoms with E-state index in [1.807, 2.05) is 13.8 Å². The first-order chi connectivity index (χ1) is 7.74. The van der Waals surface area contributed by atoms with Crippen molar-refractivity contribution in [2.45, 2.75) is 59.5 Å². The van der Waals surface area contributed by atoms with E-state index in [2.05, 4.69) is 13.8 Å². The smallest absolute Gasteiger partial charge is 0.233 e. The van der Waals surface area contributed by atoms with Gasteiger partial charge in [-0.3, -0.25) is 0 Å². The van der Waals surface area contributed by atoms with Crippen molar-refractivity contribution in [1.82, 2.24) is 0 Å². The van der Waals surface area contributed by atoms with Crippen LogP contribution in [0.2, 0.25) is 0 Å². The Bertz CT molecular complexity index is 293. The highest BCUT2D eigenvalue weighted by atomic mass is 35.7. The van der Waals surface area contributed by atoms with Gasteiger partial charge in [0.25, 0.3) is 0 Å². The molecule has 0 radical (unpaired) electrons. The summed E-state index contributed by atoms with van der Waals surface area (Å²) in [7, 11) is 1.94. The van der Waals surface area contributed by atoms with Gasteiger partial charge in [-0.05, 0) is 26.7 Å². The normalized spacial score (nSPS) is 13.3. The van der Waals surface area contributed by atoms with Gasteiger partial charge < -0.3 is 4.74 Å². The van der Waals surface area contributed by atoms with Crippen molar-refractivity contribution in [2.24, 2.45) is 5.41 Å². The molecule has 0 aromatic heterocycles. The first-order valence-corrected chi connectivity index (χ1v) is 8.76. The maximum atomic E-state index is 11.4. The van der Waals surface area contributed by atoms with Gasteiger partial charge >= 0.3 is 0 Å². The predicted molar refractivity (Wildman–Crippen MR) is 73.0 cm³/mol. The SMILES string of the molecule is CCCC(CCC)(COC(C)C)CS(=O)(=O)Cl. The molecular formula is C12H25ClO3S. The second kappa shape index (κ2) is 7.59. The largest absolute Gasteiger partial charge is 0.378 e. The summed E-state index contributed by atoms with van der Waals surface area (Å²) in [6.07, 6.45) is 3.65. The van der Waals surface area contributed by atoms with Gasteiger partial charge in [0.05, 0.1) is 18.5 Å². The molecule has 0 fully saturated rings. The van der Waals surface area contributed by atoms with Gasteiger partial charge in [0.1, 0.15) is 0 Å². The molecule has 0 rings (SSSR count). The summed E-state index contributed by atoms with van der Waals surface area (Å²) in [5.74, 6) is 0.00988. The summed E-state index contributed by atoms with van der Waals surface area (Å²) < 4.78 is 28.3. The van der Waals surface area contributed by atoms with Crippen LogP contribution >= 0.6 is 10.7 Å². The van der Waals surface area contributed by atoms with Crippen LogP contribution in [0.3, 0.4) is 0 Å². The van der Waals surface area contributed by atoms with Crippen LogP contribution in [0, 0.1) is 5.41 Å². The maximum Gasteiger partial charge on any atom is 0.233 e. The Morgan fingerprint density at radius 2 is 1.65 bits per heavy atom. The van der Waals surface area contributed by atoms with Crippen molar-refractivity contribution in [3.05, 3.63) is 0 Å². The monoisotopic (exact) mass is 284 g/mol. The van der Waals surface area contributed by atoms with Gasteiger partial charge in [0.15, 0.2) is 0 Å². The fourth-order valence-corrected chi connectivity index (χ4v) is 4.02. The van der Waals surface area contributed by atoms with Crippen LogP contribution in [0.5, 0.6) is 0 Å². The van der Waals surface area contributed by atoms with E-state index in [9.17, 15) is 8.42 Å². The minimum absolute atomic E-state index is 0.00988. The third-order valence-corrected chi connectivity index (χ3v) is 4.05. The lowest BCUT2D eigenvalue weighted by Crippen LogP contribution is -2.34. The zero-order valence-corrected chi connectivity index (χ0v) is 12.9. The molecule has 0 heterocycles. The van der Waals surface area contributed by atoms with Crippen molar-refractivity contribution in [3.8, 4) is 0 Å². The molecule has 17 heavy (non-hydrogen) atoms. The van der Waals surface area contributed by atoms with Crippen molar-refractivity contribution in [2.75, 3.05) is 12.4 Å². The van der Waals surface area contributed by atoms with Crippen LogP contribution in [0.15, 0.2) is 0 Å². The maximum absolute atomic E-state index is 11.4. The average molecular weight is 285 g/mol. The van der Waals surface area contributed by atoms with E-state index in [1.54, 1.807) is 0 Å². The zero-order valence-electron chi connectivity index (χ0n) is 11.3. The Hall–Kier alpha value is 0.200. The standard InChI is InChI=1S/C12H25ClO3S/c1-5-7-12(8-6-2,9-16-11(3)4)10-17(13,14)15/h11H,5-10H2,1-4H3. The summed E-state index contributed by atoms with van der Waals surface area (Å²) in [6.45, 7) is 8.50. The fraction of sp³-hybridized carbons (Fsp3) is 1.00. The molecule has 0 amide bonds. The molecule has 5 heteroatoms. The number of halogens is 1. The zero-order chi connectivity index (χ0) is 13.5. The highest BCUT2D eigenvalue weighted by Gasteiger charge is 2.34. The van der Waals surface area contributed by atoms with Crippen molar-refractivity contribution in [3.63, 3.8) is 0 Å². The molecule has 0 saturated carbocycles. The minimum atomic E-state index is -3.48. The molecule has 0 aromatic rings. The van der Waals surface area contributed by atoms with Crippen LogP contribution in [-0.2, 0) is 13.8 Å².